The maximum absolute atomic E-state index is 4.45. The molecular weight excluding hydrogens is 643 g/mol. The average molecular weight is 680 g/mol. The van der Waals surface area contributed by atoms with E-state index in [2.05, 4.69) is 193 Å². The van der Waals surface area contributed by atoms with Crippen LogP contribution in [0.25, 0.3) is 88.4 Å². The van der Waals surface area contributed by atoms with Gasteiger partial charge in [-0.15, -0.1) is 0 Å². The summed E-state index contributed by atoms with van der Waals surface area (Å²) in [5, 5.41) is 4.95. The van der Waals surface area contributed by atoms with Crippen molar-refractivity contribution in [1.29, 1.82) is 0 Å². The monoisotopic (exact) mass is 679 g/mol. The lowest BCUT2D eigenvalue weighted by molar-refractivity contribution is 1.12. The molecule has 0 spiro atoms. The van der Waals surface area contributed by atoms with Gasteiger partial charge < -0.3 is 9.13 Å². The van der Waals surface area contributed by atoms with Crippen LogP contribution in [-0.2, 0) is 0 Å². The number of nitrogens with zero attached hydrogens (tertiary/aromatic N) is 3. The molecule has 0 N–H and O–H groups in total. The molecule has 3 heterocycles. The van der Waals surface area contributed by atoms with E-state index in [1.807, 2.05) is 12.4 Å². The lowest BCUT2D eigenvalue weighted by Crippen LogP contribution is -2.05. The maximum Gasteiger partial charge on any atom is 0.0564 e. The van der Waals surface area contributed by atoms with Gasteiger partial charge in [0.2, 0.25) is 0 Å². The molecule has 0 aliphatic rings. The molecule has 0 aliphatic heterocycles. The van der Waals surface area contributed by atoms with Crippen molar-refractivity contribution < 1.29 is 0 Å². The zero-order chi connectivity index (χ0) is 35.6. The molecule has 0 saturated carbocycles. The minimum atomic E-state index is 1.12. The third-order valence-corrected chi connectivity index (χ3v) is 10.7. The van der Waals surface area contributed by atoms with Crippen LogP contribution < -0.4 is 0 Å². The van der Waals surface area contributed by atoms with Gasteiger partial charge >= 0.3 is 0 Å². The molecule has 0 fully saturated rings. The Bertz CT molecular complexity index is 2850. The molecule has 3 aromatic heterocycles. The Morgan fingerprint density at radius 3 is 1.28 bits per heavy atom. The molecule has 3 nitrogen and oxygen atoms in total. The van der Waals surface area contributed by atoms with E-state index in [4.69, 9.17) is 0 Å². The molecule has 0 aliphatic carbocycles. The first kappa shape index (κ1) is 31.1. The Hall–Kier alpha value is -6.71. The van der Waals surface area contributed by atoms with E-state index in [1.165, 1.54) is 82.6 Å². The largest absolute Gasteiger partial charge is 0.309 e. The second-order valence-electron chi connectivity index (χ2n) is 14.3. The van der Waals surface area contributed by atoms with E-state index in [9.17, 15) is 0 Å². The fourth-order valence-corrected chi connectivity index (χ4v) is 8.39. The number of pyridine rings is 1. The van der Waals surface area contributed by atoms with Gasteiger partial charge in [0.05, 0.1) is 33.4 Å². The van der Waals surface area contributed by atoms with Gasteiger partial charge in [0.1, 0.15) is 0 Å². The summed E-state index contributed by atoms with van der Waals surface area (Å²) in [5.74, 6) is 0. The van der Waals surface area contributed by atoms with Gasteiger partial charge in [-0.05, 0) is 115 Å². The van der Waals surface area contributed by atoms with Crippen LogP contribution in [0.3, 0.4) is 0 Å². The van der Waals surface area contributed by atoms with Crippen molar-refractivity contribution in [2.45, 2.75) is 20.8 Å². The third kappa shape index (κ3) is 5.08. The maximum atomic E-state index is 4.45. The fourth-order valence-electron chi connectivity index (χ4n) is 8.39. The molecule has 252 valence electrons. The number of hydrogen-bond acceptors (Lipinski definition) is 1. The Kier molecular flexibility index (Phi) is 7.16. The lowest BCUT2D eigenvalue weighted by Gasteiger charge is -2.21. The van der Waals surface area contributed by atoms with Crippen molar-refractivity contribution >= 4 is 43.6 Å². The quantitative estimate of drug-likeness (QED) is 0.178. The summed E-state index contributed by atoms with van der Waals surface area (Å²) in [5.41, 5.74) is 17.9. The number of para-hydroxylation sites is 2. The molecular formula is C50H37N3. The Labute approximate surface area is 309 Å². The zero-order valence-corrected chi connectivity index (χ0v) is 30.0. The van der Waals surface area contributed by atoms with Crippen molar-refractivity contribution in [2.75, 3.05) is 0 Å². The lowest BCUT2D eigenvalue weighted by atomic mass is 9.98. The number of fused-ring (bicyclic) bond motifs is 6. The highest BCUT2D eigenvalue weighted by molar-refractivity contribution is 6.13. The van der Waals surface area contributed by atoms with Crippen LogP contribution in [-0.4, -0.2) is 14.1 Å². The SMILES string of the molecule is Cc1cccc(-c2ccc3c(c2)c2ccccc2n3-c2cc(C)cc(-n3c4ccccc4c4cc(-c5cccc(C)c5)ccc43)c2-c2ccncc2)c1. The van der Waals surface area contributed by atoms with Crippen LogP contribution in [0.5, 0.6) is 0 Å². The molecule has 0 unspecified atom stereocenters. The first-order valence-electron chi connectivity index (χ1n) is 18.3. The smallest absolute Gasteiger partial charge is 0.0564 e. The van der Waals surface area contributed by atoms with Crippen molar-refractivity contribution in [1.82, 2.24) is 14.1 Å². The van der Waals surface area contributed by atoms with Crippen LogP contribution in [0.1, 0.15) is 16.7 Å². The van der Waals surface area contributed by atoms with Gasteiger partial charge in [-0.25, -0.2) is 0 Å². The van der Waals surface area contributed by atoms with E-state index in [-0.39, 0.29) is 0 Å². The number of benzene rings is 7. The first-order chi connectivity index (χ1) is 26.0. The van der Waals surface area contributed by atoms with E-state index in [1.54, 1.807) is 0 Å². The van der Waals surface area contributed by atoms with Gasteiger partial charge in [0, 0.05) is 39.5 Å². The summed E-state index contributed by atoms with van der Waals surface area (Å²) in [4.78, 5) is 4.45. The summed E-state index contributed by atoms with van der Waals surface area (Å²) in [6, 6.07) is 58.1. The summed E-state index contributed by atoms with van der Waals surface area (Å²) in [6.45, 7) is 6.53. The summed E-state index contributed by atoms with van der Waals surface area (Å²) < 4.78 is 4.95. The minimum Gasteiger partial charge on any atom is -0.309 e. The molecule has 0 atom stereocenters. The van der Waals surface area contributed by atoms with Crippen LogP contribution in [0.4, 0.5) is 0 Å². The number of aryl methyl sites for hydroxylation is 3. The average Bonchev–Trinajstić information content (AvgIpc) is 3.70. The Morgan fingerprint density at radius 1 is 0.340 bits per heavy atom. The Balaban J connectivity index is 1.29. The summed E-state index contributed by atoms with van der Waals surface area (Å²) >= 11 is 0. The molecule has 0 radical (unpaired) electrons. The van der Waals surface area contributed by atoms with Gasteiger partial charge in [-0.1, -0.05) is 108 Å². The van der Waals surface area contributed by atoms with E-state index >= 15 is 0 Å². The van der Waals surface area contributed by atoms with Crippen LogP contribution in [0.15, 0.2) is 170 Å². The van der Waals surface area contributed by atoms with E-state index in [0.717, 1.165) is 22.5 Å². The predicted molar refractivity (Wildman–Crippen MR) is 223 cm³/mol. The third-order valence-electron chi connectivity index (χ3n) is 10.7. The normalized spacial score (nSPS) is 11.7. The summed E-state index contributed by atoms with van der Waals surface area (Å²) in [6.07, 6.45) is 3.81. The number of aromatic nitrogens is 3. The molecule has 0 bridgehead atoms. The van der Waals surface area contributed by atoms with Crippen molar-refractivity contribution in [3.05, 3.63) is 187 Å². The van der Waals surface area contributed by atoms with Gasteiger partial charge in [-0.3, -0.25) is 4.98 Å². The highest BCUT2D eigenvalue weighted by Crippen LogP contribution is 2.43. The van der Waals surface area contributed by atoms with Crippen molar-refractivity contribution in [3.63, 3.8) is 0 Å². The first-order valence-corrected chi connectivity index (χ1v) is 18.3. The standard InChI is InChI=1S/C50H37N3/c1-32-10-8-12-36(26-32)38-18-20-46-42(30-38)40-14-4-6-16-44(40)52(46)48-28-34(3)29-49(50(48)35-22-24-51-25-23-35)53-45-17-7-5-15-41(45)43-31-39(19-21-47(43)53)37-13-9-11-33(2)27-37/h4-31H,1-3H3. The molecule has 0 amide bonds. The molecule has 7 aromatic carbocycles. The van der Waals surface area contributed by atoms with E-state index < -0.39 is 0 Å². The molecule has 0 saturated heterocycles. The second-order valence-corrected chi connectivity index (χ2v) is 14.3. The summed E-state index contributed by atoms with van der Waals surface area (Å²) in [7, 11) is 0. The van der Waals surface area contributed by atoms with Crippen molar-refractivity contribution in [3.8, 4) is 44.8 Å². The molecule has 3 heteroatoms. The zero-order valence-electron chi connectivity index (χ0n) is 30.0. The Morgan fingerprint density at radius 2 is 0.792 bits per heavy atom. The van der Waals surface area contributed by atoms with Gasteiger partial charge in [0.25, 0.3) is 0 Å². The second kappa shape index (κ2) is 12.2. The fraction of sp³-hybridized carbons (Fsp3) is 0.0600. The van der Waals surface area contributed by atoms with Gasteiger partial charge in [-0.2, -0.15) is 0 Å². The van der Waals surface area contributed by atoms with Crippen LogP contribution in [0.2, 0.25) is 0 Å². The molecule has 10 aromatic rings. The number of hydrogen-bond donors (Lipinski definition) is 0. The van der Waals surface area contributed by atoms with Crippen molar-refractivity contribution in [2.24, 2.45) is 0 Å². The molecule has 53 heavy (non-hydrogen) atoms. The highest BCUT2D eigenvalue weighted by atomic mass is 15.0. The molecule has 10 rings (SSSR count). The number of rotatable bonds is 5. The van der Waals surface area contributed by atoms with Crippen LogP contribution >= 0.6 is 0 Å². The topological polar surface area (TPSA) is 22.8 Å². The predicted octanol–water partition coefficient (Wildman–Crippen LogP) is 13.2. The van der Waals surface area contributed by atoms with Gasteiger partial charge in [0.15, 0.2) is 0 Å². The minimum absolute atomic E-state index is 1.12. The van der Waals surface area contributed by atoms with Crippen LogP contribution in [0, 0.1) is 20.8 Å². The van der Waals surface area contributed by atoms with E-state index in [0.29, 0.717) is 0 Å². The highest BCUT2D eigenvalue weighted by Gasteiger charge is 2.23.